The van der Waals surface area contributed by atoms with Gasteiger partial charge in [0.25, 0.3) is 5.91 Å². The van der Waals surface area contributed by atoms with Gasteiger partial charge in [0.15, 0.2) is 6.10 Å². The molecule has 1 heterocycles. The molecule has 28 heavy (non-hydrogen) atoms. The molecule has 1 N–H and O–H groups in total. The molecule has 0 aliphatic rings. The lowest BCUT2D eigenvalue weighted by molar-refractivity contribution is -0.137. The second kappa shape index (κ2) is 7.89. The van der Waals surface area contributed by atoms with Crippen LogP contribution in [0.1, 0.15) is 12.5 Å². The van der Waals surface area contributed by atoms with Crippen molar-refractivity contribution in [1.29, 1.82) is 0 Å². The van der Waals surface area contributed by atoms with Crippen molar-refractivity contribution in [3.63, 3.8) is 0 Å². The highest BCUT2D eigenvalue weighted by atomic mass is 35.5. The van der Waals surface area contributed by atoms with Gasteiger partial charge in [0.1, 0.15) is 18.4 Å². The second-order valence-electron chi connectivity index (χ2n) is 5.77. The maximum Gasteiger partial charge on any atom is 0.416 e. The van der Waals surface area contributed by atoms with E-state index in [9.17, 15) is 18.0 Å². The lowest BCUT2D eigenvalue weighted by Crippen LogP contribution is -2.30. The number of anilines is 1. The van der Waals surface area contributed by atoms with Crippen LogP contribution in [0.3, 0.4) is 0 Å². The summed E-state index contributed by atoms with van der Waals surface area (Å²) in [4.78, 5) is 16.2. The van der Waals surface area contributed by atoms with E-state index < -0.39 is 23.8 Å². The molecule has 6 nitrogen and oxygen atoms in total. The minimum atomic E-state index is -4.56. The molecular formula is C18H14ClF3N4O2. The van der Waals surface area contributed by atoms with Crippen LogP contribution in [0.15, 0.2) is 55.1 Å². The summed E-state index contributed by atoms with van der Waals surface area (Å²) in [5.41, 5.74) is -0.743. The number of nitrogens with zero attached hydrogens (tertiary/aromatic N) is 3. The molecule has 0 unspecified atom stereocenters. The van der Waals surface area contributed by atoms with Gasteiger partial charge in [-0.25, -0.2) is 9.67 Å². The molecule has 10 heteroatoms. The fourth-order valence-electron chi connectivity index (χ4n) is 2.35. The number of benzene rings is 2. The number of amides is 1. The maximum absolute atomic E-state index is 13.1. The summed E-state index contributed by atoms with van der Waals surface area (Å²) < 4.78 is 46.0. The second-order valence-corrected chi connectivity index (χ2v) is 6.21. The molecule has 3 aromatic rings. The number of rotatable bonds is 5. The fraction of sp³-hybridized carbons (Fsp3) is 0.167. The van der Waals surface area contributed by atoms with E-state index in [1.807, 2.05) is 0 Å². The third-order valence-corrected chi connectivity index (χ3v) is 4.00. The SMILES string of the molecule is C[C@H](Oc1ccc(Cl)cc1)C(=O)Nc1cc(C(F)(F)F)ccc1-n1cncn1. The minimum absolute atomic E-state index is 0.0723. The Labute approximate surface area is 162 Å². The Bertz CT molecular complexity index is 960. The van der Waals surface area contributed by atoms with Gasteiger partial charge in [0.2, 0.25) is 0 Å². The Kier molecular flexibility index (Phi) is 5.55. The molecule has 1 atom stereocenters. The van der Waals surface area contributed by atoms with E-state index in [1.54, 1.807) is 24.3 Å². The molecule has 0 radical (unpaired) electrons. The van der Waals surface area contributed by atoms with E-state index in [0.29, 0.717) is 10.8 Å². The van der Waals surface area contributed by atoms with Gasteiger partial charge < -0.3 is 10.1 Å². The third-order valence-electron chi connectivity index (χ3n) is 3.74. The largest absolute Gasteiger partial charge is 0.481 e. The summed E-state index contributed by atoms with van der Waals surface area (Å²) in [6.07, 6.45) is -2.99. The Morgan fingerprint density at radius 1 is 1.21 bits per heavy atom. The molecule has 0 saturated heterocycles. The zero-order chi connectivity index (χ0) is 20.3. The molecule has 0 fully saturated rings. The van der Waals surface area contributed by atoms with Crippen LogP contribution in [-0.2, 0) is 11.0 Å². The molecule has 0 aliphatic heterocycles. The molecule has 0 saturated carbocycles. The first-order valence-corrected chi connectivity index (χ1v) is 8.41. The summed E-state index contributed by atoms with van der Waals surface area (Å²) in [6.45, 7) is 1.48. The topological polar surface area (TPSA) is 69.0 Å². The van der Waals surface area contributed by atoms with Crippen molar-refractivity contribution in [2.45, 2.75) is 19.2 Å². The van der Waals surface area contributed by atoms with Crippen LogP contribution >= 0.6 is 11.6 Å². The molecule has 0 spiro atoms. The predicted molar refractivity (Wildman–Crippen MR) is 96.5 cm³/mol. The van der Waals surface area contributed by atoms with Crippen LogP contribution in [0.2, 0.25) is 5.02 Å². The first-order valence-electron chi connectivity index (χ1n) is 8.03. The number of aromatic nitrogens is 3. The number of hydrogen-bond donors (Lipinski definition) is 1. The van der Waals surface area contributed by atoms with Crippen molar-refractivity contribution in [2.24, 2.45) is 0 Å². The van der Waals surface area contributed by atoms with E-state index >= 15 is 0 Å². The van der Waals surface area contributed by atoms with Crippen LogP contribution in [0.5, 0.6) is 5.75 Å². The Hall–Kier alpha value is -3.07. The molecule has 1 aromatic heterocycles. The van der Waals surface area contributed by atoms with Gasteiger partial charge in [-0.1, -0.05) is 11.6 Å². The fourth-order valence-corrected chi connectivity index (χ4v) is 2.48. The molecule has 1 amide bonds. The molecule has 2 aromatic carbocycles. The van der Waals surface area contributed by atoms with Crippen LogP contribution in [0.25, 0.3) is 5.69 Å². The average molecular weight is 411 g/mol. The van der Waals surface area contributed by atoms with Crippen LogP contribution in [0.4, 0.5) is 18.9 Å². The highest BCUT2D eigenvalue weighted by molar-refractivity contribution is 6.30. The van der Waals surface area contributed by atoms with E-state index in [4.69, 9.17) is 16.3 Å². The summed E-state index contributed by atoms with van der Waals surface area (Å²) >= 11 is 5.80. The number of carbonyl (C=O) groups excluding carboxylic acids is 1. The average Bonchev–Trinajstić information content (AvgIpc) is 3.17. The smallest absolute Gasteiger partial charge is 0.416 e. The number of halogens is 4. The Morgan fingerprint density at radius 2 is 1.93 bits per heavy atom. The maximum atomic E-state index is 13.1. The molecular weight excluding hydrogens is 397 g/mol. The van der Waals surface area contributed by atoms with E-state index in [-0.39, 0.29) is 11.4 Å². The predicted octanol–water partition coefficient (Wildman–Crippen LogP) is 4.35. The van der Waals surface area contributed by atoms with Crippen molar-refractivity contribution < 1.29 is 22.7 Å². The third kappa shape index (κ3) is 4.61. The van der Waals surface area contributed by atoms with Gasteiger partial charge in [0, 0.05) is 5.02 Å². The number of nitrogens with one attached hydrogen (secondary N) is 1. The quantitative estimate of drug-likeness (QED) is 0.679. The van der Waals surface area contributed by atoms with Crippen molar-refractivity contribution in [3.05, 3.63) is 65.7 Å². The van der Waals surface area contributed by atoms with Crippen molar-refractivity contribution in [2.75, 3.05) is 5.32 Å². The highest BCUT2D eigenvalue weighted by Crippen LogP contribution is 2.33. The first kappa shape index (κ1) is 19.7. The van der Waals surface area contributed by atoms with Crippen molar-refractivity contribution >= 4 is 23.2 Å². The van der Waals surface area contributed by atoms with Gasteiger partial charge in [-0.15, -0.1) is 0 Å². The van der Waals surface area contributed by atoms with E-state index in [1.165, 1.54) is 30.3 Å². The number of alkyl halides is 3. The standard InChI is InChI=1S/C18H14ClF3N4O2/c1-11(28-14-5-3-13(19)4-6-14)17(27)25-15-8-12(18(20,21)22)2-7-16(15)26-10-23-9-24-26/h2-11H,1H3,(H,25,27)/t11-/m0/s1. The zero-order valence-corrected chi connectivity index (χ0v) is 15.2. The van der Waals surface area contributed by atoms with Crippen LogP contribution < -0.4 is 10.1 Å². The van der Waals surface area contributed by atoms with Gasteiger partial charge in [-0.2, -0.15) is 18.3 Å². The molecule has 3 rings (SSSR count). The van der Waals surface area contributed by atoms with Crippen LogP contribution in [0, 0.1) is 0 Å². The summed E-state index contributed by atoms with van der Waals surface area (Å²) in [5, 5.41) is 6.87. The molecule has 0 bridgehead atoms. The van der Waals surface area contributed by atoms with Gasteiger partial charge in [-0.3, -0.25) is 4.79 Å². The van der Waals surface area contributed by atoms with Crippen molar-refractivity contribution in [3.8, 4) is 11.4 Å². The number of hydrogen-bond acceptors (Lipinski definition) is 4. The lowest BCUT2D eigenvalue weighted by atomic mass is 10.1. The molecule has 0 aliphatic carbocycles. The first-order chi connectivity index (χ1) is 13.2. The number of carbonyl (C=O) groups is 1. The monoisotopic (exact) mass is 410 g/mol. The van der Waals surface area contributed by atoms with Crippen LogP contribution in [-0.4, -0.2) is 26.8 Å². The summed E-state index contributed by atoms with van der Waals surface area (Å²) in [7, 11) is 0. The van der Waals surface area contributed by atoms with E-state index in [2.05, 4.69) is 15.4 Å². The summed E-state index contributed by atoms with van der Waals surface area (Å²) in [6, 6.07) is 9.30. The highest BCUT2D eigenvalue weighted by Gasteiger charge is 2.31. The minimum Gasteiger partial charge on any atom is -0.481 e. The number of ether oxygens (including phenoxy) is 1. The van der Waals surface area contributed by atoms with Gasteiger partial charge >= 0.3 is 6.18 Å². The van der Waals surface area contributed by atoms with Gasteiger partial charge in [-0.05, 0) is 49.4 Å². The normalized spacial score (nSPS) is 12.5. The molecule has 146 valence electrons. The lowest BCUT2D eigenvalue weighted by Gasteiger charge is -2.18. The zero-order valence-electron chi connectivity index (χ0n) is 14.4. The van der Waals surface area contributed by atoms with Gasteiger partial charge in [0.05, 0.1) is 16.9 Å². The Balaban J connectivity index is 1.84. The summed E-state index contributed by atoms with van der Waals surface area (Å²) in [5.74, 6) is -0.233. The Morgan fingerprint density at radius 3 is 2.54 bits per heavy atom. The van der Waals surface area contributed by atoms with E-state index in [0.717, 1.165) is 12.1 Å². The van der Waals surface area contributed by atoms with Crippen molar-refractivity contribution in [1.82, 2.24) is 14.8 Å².